The fourth-order valence-electron chi connectivity index (χ4n) is 3.97. The number of benzene rings is 2. The molecule has 0 aromatic heterocycles. The topological polar surface area (TPSA) is 109 Å². The van der Waals surface area contributed by atoms with E-state index >= 15 is 0 Å². The van der Waals surface area contributed by atoms with Crippen molar-refractivity contribution in [3.05, 3.63) is 52.8 Å². The zero-order valence-electron chi connectivity index (χ0n) is 16.7. The van der Waals surface area contributed by atoms with E-state index in [1.807, 2.05) is 0 Å². The molecule has 0 radical (unpaired) electrons. The lowest BCUT2D eigenvalue weighted by Gasteiger charge is -2.24. The van der Waals surface area contributed by atoms with E-state index in [4.69, 9.17) is 14.7 Å². The summed E-state index contributed by atoms with van der Waals surface area (Å²) in [5.41, 5.74) is -3.55. The lowest BCUT2D eigenvalue weighted by molar-refractivity contribution is -0.119. The van der Waals surface area contributed by atoms with Crippen molar-refractivity contribution in [2.75, 3.05) is 20.3 Å². The predicted octanol–water partition coefficient (Wildman–Crippen LogP) is 3.29. The average Bonchev–Trinajstić information content (AvgIpc) is 3.10. The van der Waals surface area contributed by atoms with E-state index in [0.29, 0.717) is 13.0 Å². The van der Waals surface area contributed by atoms with Crippen molar-refractivity contribution in [3.8, 4) is 17.6 Å². The monoisotopic (exact) mass is 466 g/mol. The maximum atomic E-state index is 14.9. The third-order valence-corrected chi connectivity index (χ3v) is 7.33. The first-order valence-electron chi connectivity index (χ1n) is 9.50. The van der Waals surface area contributed by atoms with Gasteiger partial charge in [-0.2, -0.15) is 14.0 Å². The minimum absolute atomic E-state index is 0.0309. The Morgan fingerprint density at radius 1 is 1.28 bits per heavy atom. The zero-order valence-corrected chi connectivity index (χ0v) is 17.5. The molecule has 1 heterocycles. The number of aliphatic imine (C=N–C) groups is 1. The Labute approximate surface area is 181 Å². The van der Waals surface area contributed by atoms with Crippen LogP contribution in [0.15, 0.2) is 40.2 Å². The minimum Gasteiger partial charge on any atom is -0.457 e. The molecule has 1 N–H and O–H groups in total. The molecule has 1 atom stereocenters. The summed E-state index contributed by atoms with van der Waals surface area (Å²) in [5.74, 6) is -0.942. The number of halogens is 3. The van der Waals surface area contributed by atoms with Crippen molar-refractivity contribution >= 4 is 15.5 Å². The SMILES string of the molecule is COCCCN=C1CC2(O)c3c(ccc(Oc4cc(F)cc(C#N)c4)c31)S(=O)(=O)C2(F)F. The van der Waals surface area contributed by atoms with Crippen LogP contribution in [-0.2, 0) is 20.2 Å². The first-order valence-corrected chi connectivity index (χ1v) is 11.0. The van der Waals surface area contributed by atoms with Gasteiger partial charge in [0.2, 0.25) is 9.84 Å². The number of sulfone groups is 1. The number of hydrogen-bond acceptors (Lipinski definition) is 7. The highest BCUT2D eigenvalue weighted by atomic mass is 32.2. The minimum atomic E-state index is -5.14. The quantitative estimate of drug-likeness (QED) is 0.655. The molecule has 0 saturated carbocycles. The normalized spacial score (nSPS) is 23.2. The van der Waals surface area contributed by atoms with E-state index in [0.717, 1.165) is 24.3 Å². The molecule has 7 nitrogen and oxygen atoms in total. The van der Waals surface area contributed by atoms with E-state index in [9.17, 15) is 26.7 Å². The molecule has 0 fully saturated rings. The Bertz CT molecular complexity index is 1290. The lowest BCUT2D eigenvalue weighted by atomic mass is 9.96. The summed E-state index contributed by atoms with van der Waals surface area (Å²) in [6, 6.07) is 7.07. The molecule has 0 bridgehead atoms. The van der Waals surface area contributed by atoms with Gasteiger partial charge in [-0.3, -0.25) is 4.99 Å². The highest BCUT2D eigenvalue weighted by Crippen LogP contribution is 2.61. The molecule has 2 aliphatic rings. The van der Waals surface area contributed by atoms with Gasteiger partial charge < -0.3 is 14.6 Å². The Kier molecular flexibility index (Phi) is 5.27. The average molecular weight is 466 g/mol. The van der Waals surface area contributed by atoms with Gasteiger partial charge in [-0.25, -0.2) is 12.8 Å². The van der Waals surface area contributed by atoms with Crippen LogP contribution in [0.3, 0.4) is 0 Å². The second-order valence-electron chi connectivity index (χ2n) is 7.43. The molecule has 0 saturated heterocycles. The van der Waals surface area contributed by atoms with Crippen molar-refractivity contribution in [2.24, 2.45) is 4.99 Å². The van der Waals surface area contributed by atoms with Gasteiger partial charge >= 0.3 is 5.25 Å². The van der Waals surface area contributed by atoms with Crippen molar-refractivity contribution in [3.63, 3.8) is 0 Å². The van der Waals surface area contributed by atoms with Crippen LogP contribution in [0.4, 0.5) is 13.2 Å². The van der Waals surface area contributed by atoms with Gasteiger partial charge in [0.05, 0.1) is 16.5 Å². The Morgan fingerprint density at radius 2 is 2.03 bits per heavy atom. The fourth-order valence-corrected chi connectivity index (χ4v) is 5.65. The number of nitriles is 1. The molecule has 2 aromatic rings. The number of hydrogen-bond donors (Lipinski definition) is 1. The van der Waals surface area contributed by atoms with Crippen LogP contribution in [-0.4, -0.2) is 44.8 Å². The molecule has 168 valence electrons. The van der Waals surface area contributed by atoms with E-state index in [2.05, 4.69) is 4.99 Å². The predicted molar refractivity (Wildman–Crippen MR) is 106 cm³/mol. The molecule has 1 unspecified atom stereocenters. The van der Waals surface area contributed by atoms with E-state index in [1.165, 1.54) is 13.2 Å². The lowest BCUT2D eigenvalue weighted by Crippen LogP contribution is -2.44. The van der Waals surface area contributed by atoms with Crippen molar-refractivity contribution in [1.29, 1.82) is 5.26 Å². The Hall–Kier alpha value is -2.94. The second-order valence-corrected chi connectivity index (χ2v) is 9.39. The van der Waals surface area contributed by atoms with Gasteiger partial charge in [0.25, 0.3) is 0 Å². The summed E-state index contributed by atoms with van der Waals surface area (Å²) in [5, 5.41) is 15.4. The van der Waals surface area contributed by atoms with E-state index in [-0.39, 0.29) is 34.9 Å². The number of alkyl halides is 2. The highest BCUT2D eigenvalue weighted by Gasteiger charge is 2.73. The number of rotatable bonds is 6. The zero-order chi connectivity index (χ0) is 23.3. The number of aliphatic hydroxyl groups is 1. The van der Waals surface area contributed by atoms with Crippen LogP contribution in [0.1, 0.15) is 29.5 Å². The molecule has 4 rings (SSSR count). The molecule has 0 spiro atoms. The maximum absolute atomic E-state index is 14.9. The molecule has 32 heavy (non-hydrogen) atoms. The summed E-state index contributed by atoms with van der Waals surface area (Å²) >= 11 is 0. The van der Waals surface area contributed by atoms with E-state index < -0.39 is 43.4 Å². The molecule has 11 heteroatoms. The first-order chi connectivity index (χ1) is 15.1. The third kappa shape index (κ3) is 3.09. The van der Waals surface area contributed by atoms with Crippen molar-refractivity contribution < 1.29 is 36.2 Å². The van der Waals surface area contributed by atoms with Crippen LogP contribution >= 0.6 is 0 Å². The molecule has 1 aliphatic carbocycles. The number of nitrogens with zero attached hydrogens (tertiary/aromatic N) is 2. The van der Waals surface area contributed by atoms with Gasteiger partial charge in [0.1, 0.15) is 17.3 Å². The molecular weight excluding hydrogens is 449 g/mol. The summed E-state index contributed by atoms with van der Waals surface area (Å²) in [7, 11) is -3.65. The van der Waals surface area contributed by atoms with Crippen LogP contribution < -0.4 is 4.74 Å². The van der Waals surface area contributed by atoms with Crippen molar-refractivity contribution in [2.45, 2.75) is 28.6 Å². The maximum Gasteiger partial charge on any atom is 0.382 e. The molecule has 2 aromatic carbocycles. The second kappa shape index (κ2) is 7.58. The largest absolute Gasteiger partial charge is 0.457 e. The number of ether oxygens (including phenoxy) is 2. The van der Waals surface area contributed by atoms with Crippen LogP contribution in [0, 0.1) is 17.1 Å². The van der Waals surface area contributed by atoms with Gasteiger partial charge in [0.15, 0.2) is 5.60 Å². The van der Waals surface area contributed by atoms with Gasteiger partial charge in [-0.05, 0) is 30.7 Å². The molecule has 0 amide bonds. The van der Waals surface area contributed by atoms with Crippen LogP contribution in [0.5, 0.6) is 11.5 Å². The smallest absolute Gasteiger partial charge is 0.382 e. The van der Waals surface area contributed by atoms with Gasteiger partial charge in [-0.1, -0.05) is 0 Å². The first kappa shape index (κ1) is 22.3. The summed E-state index contributed by atoms with van der Waals surface area (Å²) in [6.45, 7) is 0.543. The fraction of sp³-hybridized carbons (Fsp3) is 0.333. The molecular formula is C21H17F3N2O5S. The van der Waals surface area contributed by atoms with Crippen molar-refractivity contribution in [1.82, 2.24) is 0 Å². The Balaban J connectivity index is 1.89. The standard InChI is InChI=1S/C21H17F3N2O5S/c1-30-6-2-5-26-15-10-20(27)19-17(32(28,29)21(20,23)24)4-3-16(18(15)19)31-14-8-12(11-25)7-13(22)9-14/h3-4,7-9,27H,2,5-6,10H2,1H3. The number of methoxy groups -OCH3 is 1. The summed E-state index contributed by atoms with van der Waals surface area (Å²) in [6.07, 6.45) is -0.269. The highest BCUT2D eigenvalue weighted by molar-refractivity contribution is 7.93. The third-order valence-electron chi connectivity index (χ3n) is 5.40. The Morgan fingerprint density at radius 3 is 2.72 bits per heavy atom. The van der Waals surface area contributed by atoms with Gasteiger partial charge in [-0.15, -0.1) is 0 Å². The van der Waals surface area contributed by atoms with Crippen LogP contribution in [0.2, 0.25) is 0 Å². The van der Waals surface area contributed by atoms with Gasteiger partial charge in [0, 0.05) is 49.6 Å². The summed E-state index contributed by atoms with van der Waals surface area (Å²) < 4.78 is 79.0. The molecule has 1 aliphatic heterocycles. The van der Waals surface area contributed by atoms with E-state index in [1.54, 1.807) is 6.07 Å². The van der Waals surface area contributed by atoms with Crippen LogP contribution in [0.25, 0.3) is 0 Å². The summed E-state index contributed by atoms with van der Waals surface area (Å²) in [4.78, 5) is 3.58.